The fourth-order valence-electron chi connectivity index (χ4n) is 6.83. The van der Waals surface area contributed by atoms with Crippen LogP contribution in [-0.4, -0.2) is 9.97 Å². The minimum atomic E-state index is 0.0655. The van der Waals surface area contributed by atoms with Gasteiger partial charge in [-0.25, -0.2) is 0 Å². The smallest absolute Gasteiger partial charge is 0.0714 e. The van der Waals surface area contributed by atoms with Crippen molar-refractivity contribution in [3.63, 3.8) is 0 Å². The molecule has 0 spiro atoms. The van der Waals surface area contributed by atoms with Gasteiger partial charge in [0, 0.05) is 52.0 Å². The van der Waals surface area contributed by atoms with Crippen LogP contribution in [0, 0.1) is 0 Å². The fraction of sp³-hybridized carbons (Fsp3) is 0.0870. The molecule has 0 bridgehead atoms. The average molecular weight is 647 g/mol. The maximum absolute atomic E-state index is 4.92. The van der Waals surface area contributed by atoms with Crippen molar-refractivity contribution in [2.24, 2.45) is 0 Å². The van der Waals surface area contributed by atoms with Crippen LogP contribution in [0.4, 0.5) is 28.4 Å². The number of hydrogen-bond donors (Lipinski definition) is 1. The Bertz CT molecular complexity index is 2400. The lowest BCUT2D eigenvalue weighted by Gasteiger charge is -2.28. The van der Waals surface area contributed by atoms with Crippen molar-refractivity contribution < 1.29 is 0 Å². The second-order valence-electron chi connectivity index (χ2n) is 13.6. The monoisotopic (exact) mass is 646 g/mol. The van der Waals surface area contributed by atoms with E-state index in [9.17, 15) is 0 Å². The number of hydrogen-bond acceptors (Lipinski definition) is 4. The topological polar surface area (TPSA) is 41.1 Å². The predicted octanol–water partition coefficient (Wildman–Crippen LogP) is 12.6. The molecule has 6 aromatic carbocycles. The van der Waals surface area contributed by atoms with E-state index in [4.69, 9.17) is 9.97 Å². The molecule has 0 saturated heterocycles. The van der Waals surface area contributed by atoms with Crippen molar-refractivity contribution in [3.05, 3.63) is 176 Å². The number of anilines is 5. The first-order valence-electron chi connectivity index (χ1n) is 17.1. The predicted molar refractivity (Wildman–Crippen MR) is 211 cm³/mol. The summed E-state index contributed by atoms with van der Waals surface area (Å²) in [5, 5.41) is 8.08. The summed E-state index contributed by atoms with van der Waals surface area (Å²) in [6.45, 7) is 6.76. The van der Waals surface area contributed by atoms with Crippen LogP contribution in [0.15, 0.2) is 170 Å². The van der Waals surface area contributed by atoms with Gasteiger partial charge in [0.15, 0.2) is 0 Å². The molecule has 2 heterocycles. The van der Waals surface area contributed by atoms with Crippen molar-refractivity contribution in [1.82, 2.24) is 9.97 Å². The van der Waals surface area contributed by atoms with Crippen LogP contribution in [-0.2, 0) is 5.41 Å². The molecule has 50 heavy (non-hydrogen) atoms. The minimum absolute atomic E-state index is 0.0655. The molecule has 242 valence electrons. The molecule has 8 rings (SSSR count). The van der Waals surface area contributed by atoms with Gasteiger partial charge < -0.3 is 10.2 Å². The SMILES string of the molecule is CC(C)(C)c1ccc(N(c2ccccc2)c2ccc3c(-c4ccccn4)c4cc(Nc5ccccc5)ccc4c(-c4ccccn4)c3c2)cc1. The van der Waals surface area contributed by atoms with E-state index in [0.717, 1.165) is 72.5 Å². The van der Waals surface area contributed by atoms with Crippen molar-refractivity contribution in [1.29, 1.82) is 0 Å². The number of benzene rings is 6. The largest absolute Gasteiger partial charge is 0.356 e. The quantitative estimate of drug-likeness (QED) is 0.175. The van der Waals surface area contributed by atoms with Crippen molar-refractivity contribution in [2.45, 2.75) is 26.2 Å². The van der Waals surface area contributed by atoms with E-state index < -0.39 is 0 Å². The van der Waals surface area contributed by atoms with E-state index in [1.807, 2.05) is 42.7 Å². The van der Waals surface area contributed by atoms with Gasteiger partial charge in [-0.3, -0.25) is 9.97 Å². The van der Waals surface area contributed by atoms with Gasteiger partial charge in [0.05, 0.1) is 11.4 Å². The minimum Gasteiger partial charge on any atom is -0.356 e. The Labute approximate surface area is 293 Å². The number of nitrogens with zero attached hydrogens (tertiary/aromatic N) is 3. The van der Waals surface area contributed by atoms with Gasteiger partial charge in [-0.05, 0) is 117 Å². The molecule has 0 radical (unpaired) electrons. The van der Waals surface area contributed by atoms with Gasteiger partial charge in [-0.15, -0.1) is 0 Å². The van der Waals surface area contributed by atoms with Gasteiger partial charge in [0.2, 0.25) is 0 Å². The Hall–Kier alpha value is -6.26. The van der Waals surface area contributed by atoms with E-state index in [1.165, 1.54) is 5.56 Å². The highest BCUT2D eigenvalue weighted by molar-refractivity contribution is 6.22. The molecule has 8 aromatic rings. The van der Waals surface area contributed by atoms with Crippen LogP contribution < -0.4 is 10.2 Å². The molecule has 0 atom stereocenters. The summed E-state index contributed by atoms with van der Waals surface area (Å²) in [5.74, 6) is 0. The fourth-order valence-corrected chi connectivity index (χ4v) is 6.83. The van der Waals surface area contributed by atoms with Crippen molar-refractivity contribution >= 4 is 50.0 Å². The van der Waals surface area contributed by atoms with Gasteiger partial charge in [0.25, 0.3) is 0 Å². The normalized spacial score (nSPS) is 11.5. The summed E-state index contributed by atoms with van der Waals surface area (Å²) >= 11 is 0. The van der Waals surface area contributed by atoms with Crippen LogP contribution in [0.1, 0.15) is 26.3 Å². The van der Waals surface area contributed by atoms with E-state index in [0.29, 0.717) is 0 Å². The zero-order chi connectivity index (χ0) is 34.1. The lowest BCUT2D eigenvalue weighted by Crippen LogP contribution is -2.13. The van der Waals surface area contributed by atoms with Crippen molar-refractivity contribution in [3.8, 4) is 22.5 Å². The summed E-state index contributed by atoms with van der Waals surface area (Å²) < 4.78 is 0. The van der Waals surface area contributed by atoms with E-state index in [2.05, 4.69) is 158 Å². The second kappa shape index (κ2) is 13.0. The van der Waals surface area contributed by atoms with E-state index in [-0.39, 0.29) is 5.41 Å². The maximum atomic E-state index is 4.92. The molecule has 0 saturated carbocycles. The summed E-state index contributed by atoms with van der Waals surface area (Å²) in [4.78, 5) is 12.2. The molecule has 1 N–H and O–H groups in total. The zero-order valence-corrected chi connectivity index (χ0v) is 28.5. The number of rotatable bonds is 7. The molecule has 0 aliphatic rings. The van der Waals surface area contributed by atoms with Gasteiger partial charge in [-0.1, -0.05) is 93.6 Å². The van der Waals surface area contributed by atoms with Crippen LogP contribution in [0.3, 0.4) is 0 Å². The zero-order valence-electron chi connectivity index (χ0n) is 28.5. The molecular formula is C46H38N4. The molecular weight excluding hydrogens is 609 g/mol. The Balaban J connectivity index is 1.42. The standard InChI is InChI=1S/C46H38N4/c1-46(2,3)32-20-23-36(24-21-32)50(35-16-8-5-9-17-35)37-25-27-39-41(31-37)45(43-19-11-13-29-48-43)38-26-22-34(49-33-14-6-4-7-15-33)30-40(38)44(39)42-18-10-12-28-47-42/h4-31,49H,1-3H3. The van der Waals surface area contributed by atoms with Crippen molar-refractivity contribution in [2.75, 3.05) is 10.2 Å². The molecule has 0 fully saturated rings. The third-order valence-electron chi connectivity index (χ3n) is 9.27. The molecule has 4 heteroatoms. The van der Waals surface area contributed by atoms with Crippen LogP contribution in [0.25, 0.3) is 44.1 Å². The average Bonchev–Trinajstić information content (AvgIpc) is 3.15. The van der Waals surface area contributed by atoms with Gasteiger partial charge >= 0.3 is 0 Å². The van der Waals surface area contributed by atoms with E-state index in [1.54, 1.807) is 0 Å². The Morgan fingerprint density at radius 3 is 1.54 bits per heavy atom. The highest BCUT2D eigenvalue weighted by Crippen LogP contribution is 2.46. The summed E-state index contributed by atoms with van der Waals surface area (Å²) in [5.41, 5.74) is 10.7. The highest BCUT2D eigenvalue weighted by atomic mass is 15.1. The molecule has 2 aromatic heterocycles. The molecule has 4 nitrogen and oxygen atoms in total. The van der Waals surface area contributed by atoms with Crippen LogP contribution in [0.2, 0.25) is 0 Å². The third kappa shape index (κ3) is 5.97. The Morgan fingerprint density at radius 2 is 0.960 bits per heavy atom. The maximum Gasteiger partial charge on any atom is 0.0714 e. The number of para-hydroxylation sites is 2. The highest BCUT2D eigenvalue weighted by Gasteiger charge is 2.22. The lowest BCUT2D eigenvalue weighted by molar-refractivity contribution is 0.590. The van der Waals surface area contributed by atoms with Crippen LogP contribution in [0.5, 0.6) is 0 Å². The molecule has 0 unspecified atom stereocenters. The number of aromatic nitrogens is 2. The second-order valence-corrected chi connectivity index (χ2v) is 13.6. The molecule has 0 aliphatic carbocycles. The van der Waals surface area contributed by atoms with Gasteiger partial charge in [0.1, 0.15) is 0 Å². The summed E-state index contributed by atoms with van der Waals surface area (Å²) in [6, 6.07) is 55.6. The number of fused-ring (bicyclic) bond motifs is 2. The summed E-state index contributed by atoms with van der Waals surface area (Å²) in [6.07, 6.45) is 3.75. The van der Waals surface area contributed by atoms with Crippen LogP contribution >= 0.6 is 0 Å². The number of nitrogens with one attached hydrogen (secondary N) is 1. The molecule has 0 amide bonds. The van der Waals surface area contributed by atoms with Gasteiger partial charge in [-0.2, -0.15) is 0 Å². The van der Waals surface area contributed by atoms with E-state index >= 15 is 0 Å². The summed E-state index contributed by atoms with van der Waals surface area (Å²) in [7, 11) is 0. The lowest BCUT2D eigenvalue weighted by atomic mass is 9.87. The first-order valence-corrected chi connectivity index (χ1v) is 17.1. The first kappa shape index (κ1) is 31.0. The molecule has 0 aliphatic heterocycles. The third-order valence-corrected chi connectivity index (χ3v) is 9.27. The Kier molecular flexibility index (Phi) is 8.06. The Morgan fingerprint density at radius 1 is 0.440 bits per heavy atom. The first-order chi connectivity index (χ1) is 24.4. The number of pyridine rings is 2.